The molecule has 1 aliphatic heterocycles. The van der Waals surface area contributed by atoms with E-state index in [1.165, 1.54) is 31.1 Å². The highest BCUT2D eigenvalue weighted by molar-refractivity contribution is 5.98. The summed E-state index contributed by atoms with van der Waals surface area (Å²) in [5, 5.41) is 17.1. The number of aliphatic hydroxyl groups excluding tert-OH is 1. The van der Waals surface area contributed by atoms with Crippen molar-refractivity contribution < 1.29 is 24.2 Å². The molecule has 2 fully saturated rings. The molecule has 0 unspecified atom stereocenters. The number of benzene rings is 1. The molecule has 0 spiro atoms. The zero-order valence-electron chi connectivity index (χ0n) is 20.6. The molecule has 8 heteroatoms. The van der Waals surface area contributed by atoms with Gasteiger partial charge in [-0.25, -0.2) is 4.79 Å². The number of nitrogens with one attached hydrogen (secondary N) is 2. The first-order valence-corrected chi connectivity index (χ1v) is 12.5. The third-order valence-electron chi connectivity index (χ3n) is 6.68. The average molecular weight is 474 g/mol. The van der Waals surface area contributed by atoms with Gasteiger partial charge in [0, 0.05) is 17.8 Å². The molecular weight excluding hydrogens is 434 g/mol. The van der Waals surface area contributed by atoms with Gasteiger partial charge in [0.25, 0.3) is 5.91 Å². The van der Waals surface area contributed by atoms with Crippen LogP contribution in [0.2, 0.25) is 0 Å². The van der Waals surface area contributed by atoms with E-state index in [2.05, 4.69) is 24.5 Å². The van der Waals surface area contributed by atoms with Crippen molar-refractivity contribution in [3.05, 3.63) is 29.8 Å². The van der Waals surface area contributed by atoms with Crippen LogP contribution in [-0.2, 0) is 9.53 Å². The van der Waals surface area contributed by atoms with E-state index < -0.39 is 30.3 Å². The molecule has 3 N–H and O–H groups in total. The van der Waals surface area contributed by atoms with Gasteiger partial charge in [-0.2, -0.15) is 0 Å². The van der Waals surface area contributed by atoms with Gasteiger partial charge in [-0.05, 0) is 43.9 Å². The second-order valence-corrected chi connectivity index (χ2v) is 10.1. The number of ether oxygens (including phenoxy) is 1. The van der Waals surface area contributed by atoms with Crippen molar-refractivity contribution in [3.8, 4) is 0 Å². The molecule has 0 radical (unpaired) electrons. The molecule has 2 aliphatic rings. The normalized spacial score (nSPS) is 20.8. The molecule has 1 aliphatic carbocycles. The predicted octanol–water partition coefficient (Wildman–Crippen LogP) is 3.28. The monoisotopic (exact) mass is 473 g/mol. The van der Waals surface area contributed by atoms with Crippen molar-refractivity contribution in [1.82, 2.24) is 10.6 Å². The fraction of sp³-hybridized carbons (Fsp3) is 0.654. The third-order valence-corrected chi connectivity index (χ3v) is 6.68. The summed E-state index contributed by atoms with van der Waals surface area (Å²) < 4.78 is 5.37. The van der Waals surface area contributed by atoms with Gasteiger partial charge in [-0.1, -0.05) is 58.1 Å². The molecule has 2 amide bonds. The van der Waals surface area contributed by atoms with Gasteiger partial charge in [0.15, 0.2) is 11.9 Å². The van der Waals surface area contributed by atoms with Crippen molar-refractivity contribution in [3.63, 3.8) is 0 Å². The predicted molar refractivity (Wildman–Crippen MR) is 131 cm³/mol. The van der Waals surface area contributed by atoms with Gasteiger partial charge in [-0.3, -0.25) is 14.5 Å². The number of Topliss-reactive ketones (excluding diaryl/α,β-unsaturated/α-hetero) is 1. The first-order chi connectivity index (χ1) is 16.2. The fourth-order valence-corrected chi connectivity index (χ4v) is 4.73. The number of nitrogens with zero attached hydrogens (tertiary/aromatic N) is 1. The third kappa shape index (κ3) is 7.27. The number of cyclic esters (lactones) is 1. The Bertz CT molecular complexity index is 853. The molecule has 1 heterocycles. The Labute approximate surface area is 202 Å². The second kappa shape index (κ2) is 12.3. The van der Waals surface area contributed by atoms with E-state index >= 15 is 0 Å². The Morgan fingerprint density at radius 1 is 1.18 bits per heavy atom. The van der Waals surface area contributed by atoms with Crippen molar-refractivity contribution in [2.45, 2.75) is 77.5 Å². The summed E-state index contributed by atoms with van der Waals surface area (Å²) >= 11 is 0. The summed E-state index contributed by atoms with van der Waals surface area (Å²) in [7, 11) is 0. The van der Waals surface area contributed by atoms with Crippen LogP contribution < -0.4 is 15.5 Å². The van der Waals surface area contributed by atoms with Crippen LogP contribution >= 0.6 is 0 Å². The molecule has 3 atom stereocenters. The molecule has 0 bridgehead atoms. The SMILES string of the molecule is CC(=O)c1cccc(N2C[C@@H](C(=O)N[C@@H](CC3CCCCC3)[C@H](O)CNCC(C)C)OC2=O)c1. The van der Waals surface area contributed by atoms with E-state index in [0.717, 1.165) is 19.4 Å². The molecular formula is C26H39N3O5. The lowest BCUT2D eigenvalue weighted by Crippen LogP contribution is -2.52. The molecule has 1 saturated carbocycles. The minimum atomic E-state index is -0.974. The highest BCUT2D eigenvalue weighted by Crippen LogP contribution is 2.28. The van der Waals surface area contributed by atoms with E-state index in [1.54, 1.807) is 24.3 Å². The summed E-state index contributed by atoms with van der Waals surface area (Å²) in [6, 6.07) is 6.31. The van der Waals surface area contributed by atoms with Crippen molar-refractivity contribution >= 4 is 23.5 Å². The number of carbonyl (C=O) groups excluding carboxylic acids is 3. The van der Waals surface area contributed by atoms with Crippen LogP contribution in [0.4, 0.5) is 10.5 Å². The summed E-state index contributed by atoms with van der Waals surface area (Å²) in [5.74, 6) is 0.427. The zero-order chi connectivity index (χ0) is 24.7. The molecule has 8 nitrogen and oxygen atoms in total. The first kappa shape index (κ1) is 26.2. The van der Waals surface area contributed by atoms with Crippen LogP contribution in [0.1, 0.15) is 69.7 Å². The molecule has 1 aromatic carbocycles. The van der Waals surface area contributed by atoms with E-state index in [4.69, 9.17) is 4.74 Å². The summed E-state index contributed by atoms with van der Waals surface area (Å²) in [6.07, 6.45) is 4.20. The number of carbonyl (C=O) groups is 3. The Balaban J connectivity index is 1.64. The largest absolute Gasteiger partial charge is 0.434 e. The number of rotatable bonds is 11. The lowest BCUT2D eigenvalue weighted by Gasteiger charge is -2.31. The van der Waals surface area contributed by atoms with Crippen LogP contribution in [-0.4, -0.2) is 60.8 Å². The van der Waals surface area contributed by atoms with E-state index in [-0.39, 0.29) is 12.3 Å². The number of hydrogen-bond acceptors (Lipinski definition) is 6. The lowest BCUT2D eigenvalue weighted by molar-refractivity contribution is -0.129. The summed E-state index contributed by atoms with van der Waals surface area (Å²) in [4.78, 5) is 38.6. The van der Waals surface area contributed by atoms with E-state index in [9.17, 15) is 19.5 Å². The smallest absolute Gasteiger partial charge is 0.415 e. The minimum Gasteiger partial charge on any atom is -0.434 e. The molecule has 188 valence electrons. The molecule has 1 saturated heterocycles. The van der Waals surface area contributed by atoms with Crippen LogP contribution in [0, 0.1) is 11.8 Å². The molecule has 0 aromatic heterocycles. The average Bonchev–Trinajstić information content (AvgIpc) is 3.21. The number of anilines is 1. The number of ketones is 1. The van der Waals surface area contributed by atoms with E-state index in [1.807, 2.05) is 0 Å². The highest BCUT2D eigenvalue weighted by atomic mass is 16.6. The maximum Gasteiger partial charge on any atom is 0.415 e. The molecule has 1 aromatic rings. The van der Waals surface area contributed by atoms with Gasteiger partial charge in [-0.15, -0.1) is 0 Å². The van der Waals surface area contributed by atoms with Crippen LogP contribution in [0.15, 0.2) is 24.3 Å². The summed E-state index contributed by atoms with van der Waals surface area (Å²) in [5.41, 5.74) is 1.01. The standard InChI is InChI=1S/C26H39N3O5/c1-17(2)14-27-15-23(31)22(12-19-8-5-4-6-9-19)28-25(32)24-16-29(26(33)34-24)21-11-7-10-20(13-21)18(3)30/h7,10-11,13,17,19,22-24,27,31H,4-6,8-9,12,14-16H2,1-3H3,(H,28,32)/t22-,23+,24-/m0/s1. The Hall–Kier alpha value is -2.45. The van der Waals surface area contributed by atoms with Gasteiger partial charge in [0.05, 0.1) is 18.7 Å². The number of amides is 2. The van der Waals surface area contributed by atoms with Crippen LogP contribution in [0.25, 0.3) is 0 Å². The van der Waals surface area contributed by atoms with E-state index in [0.29, 0.717) is 36.1 Å². The lowest BCUT2D eigenvalue weighted by atomic mass is 9.83. The topological polar surface area (TPSA) is 108 Å². The van der Waals surface area contributed by atoms with Crippen molar-refractivity contribution in [1.29, 1.82) is 0 Å². The van der Waals surface area contributed by atoms with Crippen molar-refractivity contribution in [2.24, 2.45) is 11.8 Å². The molecule has 3 rings (SSSR count). The minimum absolute atomic E-state index is 0.0594. The molecule has 34 heavy (non-hydrogen) atoms. The van der Waals surface area contributed by atoms with Gasteiger partial charge < -0.3 is 20.5 Å². The number of aliphatic hydroxyl groups is 1. The zero-order valence-corrected chi connectivity index (χ0v) is 20.6. The summed E-state index contributed by atoms with van der Waals surface area (Å²) in [6.45, 7) is 6.91. The van der Waals surface area contributed by atoms with Gasteiger partial charge in [0.1, 0.15) is 0 Å². The van der Waals surface area contributed by atoms with Crippen LogP contribution in [0.5, 0.6) is 0 Å². The maximum atomic E-state index is 13.1. The Morgan fingerprint density at radius 3 is 2.59 bits per heavy atom. The maximum absolute atomic E-state index is 13.1. The fourth-order valence-electron chi connectivity index (χ4n) is 4.73. The second-order valence-electron chi connectivity index (χ2n) is 10.1. The highest BCUT2D eigenvalue weighted by Gasteiger charge is 2.38. The van der Waals surface area contributed by atoms with Gasteiger partial charge >= 0.3 is 6.09 Å². The Kier molecular flexibility index (Phi) is 9.47. The quantitative estimate of drug-likeness (QED) is 0.426. The van der Waals surface area contributed by atoms with Gasteiger partial charge in [0.2, 0.25) is 0 Å². The number of hydrogen-bond donors (Lipinski definition) is 3. The Morgan fingerprint density at radius 2 is 1.91 bits per heavy atom. The first-order valence-electron chi connectivity index (χ1n) is 12.5. The van der Waals surface area contributed by atoms with Crippen molar-refractivity contribution in [2.75, 3.05) is 24.5 Å². The van der Waals surface area contributed by atoms with Crippen LogP contribution in [0.3, 0.4) is 0 Å².